The first-order valence-electron chi connectivity index (χ1n) is 11.1. The fraction of sp³-hybridized carbons (Fsp3) is 0.185. The predicted molar refractivity (Wildman–Crippen MR) is 135 cm³/mol. The summed E-state index contributed by atoms with van der Waals surface area (Å²) in [6.07, 6.45) is 0. The molecule has 4 aromatic rings. The largest absolute Gasteiger partial charge is 0.497 e. The SMILES string of the molecule is COc1ccc(Nc2ccc3cc(C(=O)NCCO)n(CC(=O)c4ccc(OC)cc4)c3c2)cc1. The van der Waals surface area contributed by atoms with Gasteiger partial charge in [0.25, 0.3) is 5.91 Å². The van der Waals surface area contributed by atoms with Crippen molar-refractivity contribution < 1.29 is 24.2 Å². The number of aliphatic hydroxyl groups excluding tert-OH is 1. The highest BCUT2D eigenvalue weighted by molar-refractivity contribution is 6.02. The summed E-state index contributed by atoms with van der Waals surface area (Å²) in [6, 6.07) is 21.9. The van der Waals surface area contributed by atoms with E-state index in [-0.39, 0.29) is 31.4 Å². The summed E-state index contributed by atoms with van der Waals surface area (Å²) in [6.45, 7) is -0.0760. The quantitative estimate of drug-likeness (QED) is 0.301. The molecule has 1 aromatic heterocycles. The number of ketones is 1. The van der Waals surface area contributed by atoms with Crippen LogP contribution in [0.1, 0.15) is 20.8 Å². The van der Waals surface area contributed by atoms with E-state index in [0.29, 0.717) is 17.0 Å². The first kappa shape index (κ1) is 23.8. The molecule has 180 valence electrons. The van der Waals surface area contributed by atoms with E-state index in [2.05, 4.69) is 10.6 Å². The zero-order valence-corrected chi connectivity index (χ0v) is 19.6. The Morgan fingerprint density at radius 3 is 2.11 bits per heavy atom. The maximum absolute atomic E-state index is 13.1. The second kappa shape index (κ2) is 10.8. The van der Waals surface area contributed by atoms with Crippen LogP contribution in [0.3, 0.4) is 0 Å². The summed E-state index contributed by atoms with van der Waals surface area (Å²) in [7, 11) is 3.18. The molecule has 0 aliphatic carbocycles. The van der Waals surface area contributed by atoms with Gasteiger partial charge in [-0.3, -0.25) is 9.59 Å². The second-order valence-corrected chi connectivity index (χ2v) is 7.87. The maximum atomic E-state index is 13.1. The van der Waals surface area contributed by atoms with Gasteiger partial charge in [-0.15, -0.1) is 0 Å². The monoisotopic (exact) mass is 473 g/mol. The first-order chi connectivity index (χ1) is 17.0. The van der Waals surface area contributed by atoms with Gasteiger partial charge < -0.3 is 29.8 Å². The minimum absolute atomic E-state index is 0.0241. The van der Waals surface area contributed by atoms with Gasteiger partial charge in [0.05, 0.1) is 32.9 Å². The van der Waals surface area contributed by atoms with E-state index < -0.39 is 0 Å². The van der Waals surface area contributed by atoms with E-state index in [9.17, 15) is 9.59 Å². The number of fused-ring (bicyclic) bond motifs is 1. The fourth-order valence-electron chi connectivity index (χ4n) is 3.80. The summed E-state index contributed by atoms with van der Waals surface area (Å²) < 4.78 is 12.1. The van der Waals surface area contributed by atoms with Crippen molar-refractivity contribution in [2.24, 2.45) is 0 Å². The minimum Gasteiger partial charge on any atom is -0.497 e. The molecule has 0 aliphatic rings. The van der Waals surface area contributed by atoms with E-state index >= 15 is 0 Å². The van der Waals surface area contributed by atoms with Crippen LogP contribution < -0.4 is 20.1 Å². The van der Waals surface area contributed by atoms with Crippen LogP contribution in [0.15, 0.2) is 72.8 Å². The van der Waals surface area contributed by atoms with Crippen LogP contribution in [0.2, 0.25) is 0 Å². The van der Waals surface area contributed by atoms with Gasteiger partial charge in [0, 0.05) is 28.9 Å². The topological polar surface area (TPSA) is 102 Å². The molecule has 0 saturated carbocycles. The number of rotatable bonds is 10. The molecule has 0 radical (unpaired) electrons. The normalized spacial score (nSPS) is 10.7. The van der Waals surface area contributed by atoms with Crippen LogP contribution in [0.4, 0.5) is 11.4 Å². The lowest BCUT2D eigenvalue weighted by molar-refractivity contribution is 0.0930. The number of Topliss-reactive ketones (excluding diaryl/α,β-unsaturated/α-hetero) is 1. The molecule has 3 N–H and O–H groups in total. The summed E-state index contributed by atoms with van der Waals surface area (Å²) in [5, 5.41) is 16.0. The van der Waals surface area contributed by atoms with Crippen LogP contribution in [-0.4, -0.2) is 48.7 Å². The van der Waals surface area contributed by atoms with Gasteiger partial charge in [0.2, 0.25) is 0 Å². The van der Waals surface area contributed by atoms with E-state index in [1.807, 2.05) is 42.5 Å². The molecule has 1 amide bonds. The third kappa shape index (κ3) is 5.44. The number of aliphatic hydroxyl groups is 1. The molecular weight excluding hydrogens is 446 g/mol. The molecule has 3 aromatic carbocycles. The van der Waals surface area contributed by atoms with Crippen molar-refractivity contribution in [3.05, 3.63) is 84.1 Å². The molecule has 0 spiro atoms. The number of carbonyl (C=O) groups excluding carboxylic acids is 2. The number of hydrogen-bond acceptors (Lipinski definition) is 6. The van der Waals surface area contributed by atoms with Gasteiger partial charge in [-0.1, -0.05) is 6.07 Å². The number of carbonyl (C=O) groups is 2. The van der Waals surface area contributed by atoms with E-state index in [4.69, 9.17) is 14.6 Å². The number of ether oxygens (including phenoxy) is 2. The van der Waals surface area contributed by atoms with Crippen LogP contribution in [0.25, 0.3) is 10.9 Å². The molecular formula is C27H27N3O5. The Morgan fingerprint density at radius 2 is 1.49 bits per heavy atom. The van der Waals surface area contributed by atoms with Crippen LogP contribution >= 0.6 is 0 Å². The number of amides is 1. The number of nitrogens with one attached hydrogen (secondary N) is 2. The lowest BCUT2D eigenvalue weighted by Gasteiger charge is -2.12. The molecule has 1 heterocycles. The van der Waals surface area contributed by atoms with Crippen LogP contribution in [0, 0.1) is 0 Å². The smallest absolute Gasteiger partial charge is 0.268 e. The Bertz CT molecular complexity index is 1330. The number of benzene rings is 3. The number of anilines is 2. The highest BCUT2D eigenvalue weighted by atomic mass is 16.5. The minimum atomic E-state index is -0.359. The first-order valence-corrected chi connectivity index (χ1v) is 11.1. The highest BCUT2D eigenvalue weighted by Gasteiger charge is 2.19. The average molecular weight is 474 g/mol. The van der Waals surface area contributed by atoms with Crippen molar-refractivity contribution in [2.45, 2.75) is 6.54 Å². The van der Waals surface area contributed by atoms with Crippen molar-refractivity contribution in [3.8, 4) is 11.5 Å². The molecule has 0 unspecified atom stereocenters. The average Bonchev–Trinajstić information content (AvgIpc) is 3.25. The molecule has 0 saturated heterocycles. The Morgan fingerprint density at radius 1 is 0.857 bits per heavy atom. The number of nitrogens with zero attached hydrogens (tertiary/aromatic N) is 1. The fourth-order valence-corrected chi connectivity index (χ4v) is 3.80. The van der Waals surface area contributed by atoms with Crippen molar-refractivity contribution in [3.63, 3.8) is 0 Å². The molecule has 0 atom stereocenters. The summed E-state index contributed by atoms with van der Waals surface area (Å²) >= 11 is 0. The molecule has 4 rings (SSSR count). The third-order valence-electron chi connectivity index (χ3n) is 5.63. The van der Waals surface area contributed by atoms with Gasteiger partial charge in [-0.05, 0) is 66.7 Å². The Labute approximate surface area is 203 Å². The van der Waals surface area contributed by atoms with E-state index in [1.165, 1.54) is 0 Å². The zero-order valence-electron chi connectivity index (χ0n) is 19.6. The van der Waals surface area contributed by atoms with Gasteiger partial charge in [0.15, 0.2) is 5.78 Å². The third-order valence-corrected chi connectivity index (χ3v) is 5.63. The van der Waals surface area contributed by atoms with Gasteiger partial charge in [0.1, 0.15) is 17.2 Å². The molecule has 35 heavy (non-hydrogen) atoms. The predicted octanol–water partition coefficient (Wildman–Crippen LogP) is 4.01. The summed E-state index contributed by atoms with van der Waals surface area (Å²) in [5.41, 5.74) is 3.28. The van der Waals surface area contributed by atoms with Crippen LogP contribution in [0.5, 0.6) is 11.5 Å². The van der Waals surface area contributed by atoms with Gasteiger partial charge >= 0.3 is 0 Å². The molecule has 0 bridgehead atoms. The molecule has 8 nitrogen and oxygen atoms in total. The Kier molecular flexibility index (Phi) is 7.32. The zero-order chi connectivity index (χ0) is 24.8. The van der Waals surface area contributed by atoms with Crippen molar-refractivity contribution in [1.82, 2.24) is 9.88 Å². The Balaban J connectivity index is 1.69. The number of methoxy groups -OCH3 is 2. The van der Waals surface area contributed by atoms with E-state index in [0.717, 1.165) is 28.0 Å². The number of aromatic nitrogens is 1. The van der Waals surface area contributed by atoms with Gasteiger partial charge in [-0.25, -0.2) is 0 Å². The summed E-state index contributed by atoms with van der Waals surface area (Å²) in [5.74, 6) is 0.916. The molecule has 0 aliphatic heterocycles. The standard InChI is InChI=1S/C27H27N3O5/c1-34-22-9-4-18(5-10-22)26(32)17-30-24-16-21(29-20-7-11-23(35-2)12-8-20)6-3-19(24)15-25(30)27(33)28-13-14-31/h3-12,15-16,29,31H,13-14,17H2,1-2H3,(H,28,33). The van der Waals surface area contributed by atoms with E-state index in [1.54, 1.807) is 49.1 Å². The maximum Gasteiger partial charge on any atom is 0.268 e. The van der Waals surface area contributed by atoms with Crippen LogP contribution in [-0.2, 0) is 6.54 Å². The molecule has 0 fully saturated rings. The number of hydrogen-bond donors (Lipinski definition) is 3. The lowest BCUT2D eigenvalue weighted by atomic mass is 10.1. The second-order valence-electron chi connectivity index (χ2n) is 7.87. The molecule has 8 heteroatoms. The van der Waals surface area contributed by atoms with Crippen molar-refractivity contribution in [1.29, 1.82) is 0 Å². The van der Waals surface area contributed by atoms with Crippen molar-refractivity contribution in [2.75, 3.05) is 32.7 Å². The lowest BCUT2D eigenvalue weighted by Crippen LogP contribution is -2.29. The Hall–Kier alpha value is -4.30. The van der Waals surface area contributed by atoms with Crippen molar-refractivity contribution >= 4 is 34.0 Å². The summed E-state index contributed by atoms with van der Waals surface area (Å²) in [4.78, 5) is 26.0. The van der Waals surface area contributed by atoms with Gasteiger partial charge in [-0.2, -0.15) is 0 Å². The highest BCUT2D eigenvalue weighted by Crippen LogP contribution is 2.27.